The summed E-state index contributed by atoms with van der Waals surface area (Å²) in [7, 11) is 0. The van der Waals surface area contributed by atoms with E-state index < -0.39 is 0 Å². The summed E-state index contributed by atoms with van der Waals surface area (Å²) in [4.78, 5) is 9.86. The van der Waals surface area contributed by atoms with E-state index in [0.29, 0.717) is 0 Å². The average molecular weight is 267 g/mol. The monoisotopic (exact) mass is 267 g/mol. The third-order valence-electron chi connectivity index (χ3n) is 2.73. The van der Waals surface area contributed by atoms with Gasteiger partial charge < -0.3 is 5.32 Å². The van der Waals surface area contributed by atoms with Crippen LogP contribution in [0.3, 0.4) is 0 Å². The van der Waals surface area contributed by atoms with Gasteiger partial charge in [0.25, 0.3) is 0 Å². The Balaban J connectivity index is 1.86. The van der Waals surface area contributed by atoms with Crippen molar-refractivity contribution in [2.24, 2.45) is 0 Å². The fourth-order valence-electron chi connectivity index (χ4n) is 1.85. The van der Waals surface area contributed by atoms with Crippen molar-refractivity contribution >= 4 is 33.4 Å². The Hall–Kier alpha value is -2.20. The van der Waals surface area contributed by atoms with Gasteiger partial charge in [-0.15, -0.1) is 11.3 Å². The molecule has 4 heteroatoms. The molecule has 0 saturated carbocycles. The molecule has 3 aromatic rings. The molecule has 1 aromatic carbocycles. The third kappa shape index (κ3) is 2.63. The van der Waals surface area contributed by atoms with Crippen LogP contribution in [-0.2, 0) is 0 Å². The number of rotatable bonds is 3. The molecule has 94 valence electrons. The Morgan fingerprint density at radius 1 is 1.11 bits per heavy atom. The molecule has 2 heterocycles. The largest absolute Gasteiger partial charge is 0.346 e. The minimum absolute atomic E-state index is 0.783. The van der Waals surface area contributed by atoms with Crippen molar-refractivity contribution in [3.05, 3.63) is 59.4 Å². The summed E-state index contributed by atoms with van der Waals surface area (Å²) in [6.45, 7) is 1.91. The molecule has 19 heavy (non-hydrogen) atoms. The third-order valence-corrected chi connectivity index (χ3v) is 3.54. The Morgan fingerprint density at radius 2 is 1.95 bits per heavy atom. The Kier molecular flexibility index (Phi) is 3.25. The van der Waals surface area contributed by atoms with Crippen molar-refractivity contribution in [2.45, 2.75) is 6.92 Å². The molecule has 3 rings (SSSR count). The van der Waals surface area contributed by atoms with Crippen molar-refractivity contribution in [3.63, 3.8) is 0 Å². The van der Waals surface area contributed by atoms with Gasteiger partial charge >= 0.3 is 0 Å². The fraction of sp³-hybridized carbons (Fsp3) is 0.0667. The summed E-state index contributed by atoms with van der Waals surface area (Å²) in [6, 6.07) is 12.2. The van der Waals surface area contributed by atoms with E-state index in [0.717, 1.165) is 27.4 Å². The zero-order valence-corrected chi connectivity index (χ0v) is 11.3. The lowest BCUT2D eigenvalue weighted by Crippen LogP contribution is -1.95. The number of nitrogens with zero attached hydrogens (tertiary/aromatic N) is 2. The highest BCUT2D eigenvalue weighted by Crippen LogP contribution is 2.24. The first-order valence-corrected chi connectivity index (χ1v) is 6.91. The predicted octanol–water partition coefficient (Wildman–Crippen LogP) is 4.08. The van der Waals surface area contributed by atoms with Gasteiger partial charge in [-0.1, -0.05) is 30.3 Å². The van der Waals surface area contributed by atoms with Crippen LogP contribution in [-0.4, -0.2) is 9.97 Å². The van der Waals surface area contributed by atoms with Crippen LogP contribution in [0.25, 0.3) is 16.3 Å². The quantitative estimate of drug-likeness (QED) is 0.777. The Labute approximate surface area is 115 Å². The summed E-state index contributed by atoms with van der Waals surface area (Å²) in [5, 5.41) is 6.33. The summed E-state index contributed by atoms with van der Waals surface area (Å²) < 4.78 is 0. The molecule has 3 nitrogen and oxygen atoms in total. The molecular weight excluding hydrogens is 254 g/mol. The summed E-state index contributed by atoms with van der Waals surface area (Å²) >= 11 is 1.63. The molecule has 0 fully saturated rings. The molecule has 0 aliphatic carbocycles. The zero-order chi connectivity index (χ0) is 13.1. The fourth-order valence-corrected chi connectivity index (χ4v) is 2.66. The molecule has 0 unspecified atom stereocenters. The lowest BCUT2D eigenvalue weighted by atomic mass is 10.2. The SMILES string of the molecule is Cc1nc(NC=Cc2ccccc2)c2ccsc2n1. The first kappa shape index (κ1) is 11.9. The maximum absolute atomic E-state index is 4.44. The van der Waals surface area contributed by atoms with E-state index in [9.17, 15) is 0 Å². The van der Waals surface area contributed by atoms with Crippen molar-refractivity contribution in [2.75, 3.05) is 5.32 Å². The molecule has 0 spiro atoms. The van der Waals surface area contributed by atoms with E-state index in [1.807, 2.05) is 48.8 Å². The maximum atomic E-state index is 4.44. The van der Waals surface area contributed by atoms with Crippen molar-refractivity contribution in [1.82, 2.24) is 9.97 Å². The molecule has 1 N–H and O–H groups in total. The number of hydrogen-bond donors (Lipinski definition) is 1. The lowest BCUT2D eigenvalue weighted by molar-refractivity contribution is 1.10. The van der Waals surface area contributed by atoms with Gasteiger partial charge in [-0.3, -0.25) is 0 Å². The standard InChI is InChI=1S/C15H13N3S/c1-11-17-14(13-8-10-19-15(13)18-11)16-9-7-12-5-3-2-4-6-12/h2-10H,1H3,(H,16,17,18). The van der Waals surface area contributed by atoms with Crippen LogP contribution in [0.2, 0.25) is 0 Å². The summed E-state index contributed by atoms with van der Waals surface area (Å²) in [6.07, 6.45) is 3.93. The van der Waals surface area contributed by atoms with Crippen molar-refractivity contribution in [1.29, 1.82) is 0 Å². The van der Waals surface area contributed by atoms with Gasteiger partial charge in [0, 0.05) is 6.20 Å². The number of aryl methyl sites for hydroxylation is 1. The molecule has 2 aromatic heterocycles. The number of nitrogens with one attached hydrogen (secondary N) is 1. The van der Waals surface area contributed by atoms with Gasteiger partial charge in [0.05, 0.1) is 5.39 Å². The van der Waals surface area contributed by atoms with Crippen LogP contribution in [0, 0.1) is 6.92 Å². The number of aromatic nitrogens is 2. The van der Waals surface area contributed by atoms with Crippen LogP contribution in [0.5, 0.6) is 0 Å². The lowest BCUT2D eigenvalue weighted by Gasteiger charge is -2.03. The van der Waals surface area contributed by atoms with Gasteiger partial charge in [-0.2, -0.15) is 0 Å². The zero-order valence-electron chi connectivity index (χ0n) is 10.5. The number of hydrogen-bond acceptors (Lipinski definition) is 4. The molecule has 0 aliphatic heterocycles. The molecule has 0 amide bonds. The average Bonchev–Trinajstić information content (AvgIpc) is 2.88. The highest BCUT2D eigenvalue weighted by molar-refractivity contribution is 7.16. The minimum Gasteiger partial charge on any atom is -0.346 e. The van der Waals surface area contributed by atoms with Crippen molar-refractivity contribution < 1.29 is 0 Å². The normalized spacial score (nSPS) is 11.2. The first-order chi connectivity index (χ1) is 9.33. The topological polar surface area (TPSA) is 37.8 Å². The second-order valence-electron chi connectivity index (χ2n) is 4.15. The van der Waals surface area contributed by atoms with Crippen LogP contribution in [0.1, 0.15) is 11.4 Å². The van der Waals surface area contributed by atoms with Gasteiger partial charge in [0.15, 0.2) is 0 Å². The maximum Gasteiger partial charge on any atom is 0.142 e. The molecule has 0 aliphatic rings. The molecule has 0 atom stereocenters. The van der Waals surface area contributed by atoms with E-state index in [-0.39, 0.29) is 0 Å². The van der Waals surface area contributed by atoms with Crippen molar-refractivity contribution in [3.8, 4) is 0 Å². The van der Waals surface area contributed by atoms with E-state index in [2.05, 4.69) is 27.4 Å². The van der Waals surface area contributed by atoms with E-state index >= 15 is 0 Å². The van der Waals surface area contributed by atoms with Crippen LogP contribution in [0.15, 0.2) is 48.0 Å². The van der Waals surface area contributed by atoms with Gasteiger partial charge in [-0.05, 0) is 30.0 Å². The van der Waals surface area contributed by atoms with E-state index in [4.69, 9.17) is 0 Å². The molecular formula is C15H13N3S. The molecule has 0 bridgehead atoms. The Bertz CT molecular complexity index is 717. The second-order valence-corrected chi connectivity index (χ2v) is 5.04. The smallest absolute Gasteiger partial charge is 0.142 e. The minimum atomic E-state index is 0.783. The molecule has 0 radical (unpaired) electrons. The number of anilines is 1. The first-order valence-electron chi connectivity index (χ1n) is 6.03. The van der Waals surface area contributed by atoms with Gasteiger partial charge in [-0.25, -0.2) is 9.97 Å². The van der Waals surface area contributed by atoms with Crippen LogP contribution >= 0.6 is 11.3 Å². The Morgan fingerprint density at radius 3 is 2.79 bits per heavy atom. The molecule has 0 saturated heterocycles. The second kappa shape index (κ2) is 5.20. The highest BCUT2D eigenvalue weighted by Gasteiger charge is 2.04. The van der Waals surface area contributed by atoms with E-state index in [1.54, 1.807) is 11.3 Å². The van der Waals surface area contributed by atoms with Gasteiger partial charge in [0.2, 0.25) is 0 Å². The highest BCUT2D eigenvalue weighted by atomic mass is 32.1. The number of fused-ring (bicyclic) bond motifs is 1. The number of thiophene rings is 1. The van der Waals surface area contributed by atoms with Crippen LogP contribution < -0.4 is 5.32 Å². The van der Waals surface area contributed by atoms with Crippen LogP contribution in [0.4, 0.5) is 5.82 Å². The number of benzene rings is 1. The summed E-state index contributed by atoms with van der Waals surface area (Å²) in [5.74, 6) is 1.64. The summed E-state index contributed by atoms with van der Waals surface area (Å²) in [5.41, 5.74) is 1.15. The van der Waals surface area contributed by atoms with Gasteiger partial charge in [0.1, 0.15) is 16.5 Å². The van der Waals surface area contributed by atoms with E-state index in [1.165, 1.54) is 0 Å². The predicted molar refractivity (Wildman–Crippen MR) is 81.3 cm³/mol.